The van der Waals surface area contributed by atoms with Gasteiger partial charge < -0.3 is 9.80 Å². The second kappa shape index (κ2) is 5.87. The van der Waals surface area contributed by atoms with E-state index in [9.17, 15) is 4.79 Å². The number of piperidine rings is 1. The molecule has 1 fully saturated rings. The number of benzene rings is 1. The summed E-state index contributed by atoms with van der Waals surface area (Å²) >= 11 is 6.18. The van der Waals surface area contributed by atoms with Gasteiger partial charge in [-0.1, -0.05) is 29.3 Å². The van der Waals surface area contributed by atoms with Crippen molar-refractivity contribution in [3.05, 3.63) is 58.4 Å². The lowest BCUT2D eigenvalue weighted by atomic mass is 9.89. The molecule has 0 bridgehead atoms. The lowest BCUT2D eigenvalue weighted by molar-refractivity contribution is 0.0964. The highest BCUT2D eigenvalue weighted by molar-refractivity contribution is 6.33. The number of nitrogens with zero attached hydrogens (tertiary/aromatic N) is 3. The Balaban J connectivity index is 1.81. The minimum absolute atomic E-state index is 0.0461. The highest BCUT2D eigenvalue weighted by Crippen LogP contribution is 2.45. The second-order valence-electron chi connectivity index (χ2n) is 6.80. The maximum atomic E-state index is 13.2. The number of halogens is 1. The number of likely N-dealkylation sites (tertiary alicyclic amines) is 1. The van der Waals surface area contributed by atoms with Crippen molar-refractivity contribution >= 4 is 23.2 Å². The van der Waals surface area contributed by atoms with Crippen LogP contribution in [0.2, 0.25) is 5.15 Å². The van der Waals surface area contributed by atoms with Crippen LogP contribution in [-0.2, 0) is 0 Å². The predicted octanol–water partition coefficient (Wildman–Crippen LogP) is 3.49. The van der Waals surface area contributed by atoms with Gasteiger partial charge in [0.15, 0.2) is 0 Å². The van der Waals surface area contributed by atoms with Crippen molar-refractivity contribution in [2.75, 3.05) is 25.0 Å². The van der Waals surface area contributed by atoms with Crippen LogP contribution in [0.15, 0.2) is 36.5 Å². The van der Waals surface area contributed by atoms with Gasteiger partial charge in [0.2, 0.25) is 0 Å². The molecule has 2 aliphatic heterocycles. The molecule has 0 spiro atoms. The first kappa shape index (κ1) is 15.6. The summed E-state index contributed by atoms with van der Waals surface area (Å²) in [6.07, 6.45) is 2.58. The molecule has 0 N–H and O–H groups in total. The molecular weight excluding hydrogens is 322 g/mol. The van der Waals surface area contributed by atoms with Gasteiger partial charge in [0.1, 0.15) is 5.15 Å². The van der Waals surface area contributed by atoms with E-state index in [4.69, 9.17) is 11.6 Å². The fraction of sp³-hybridized carbons (Fsp3) is 0.368. The van der Waals surface area contributed by atoms with Gasteiger partial charge in [0, 0.05) is 30.4 Å². The van der Waals surface area contributed by atoms with Crippen LogP contribution in [0.3, 0.4) is 0 Å². The molecule has 1 saturated heterocycles. The van der Waals surface area contributed by atoms with E-state index in [0.29, 0.717) is 11.5 Å². The van der Waals surface area contributed by atoms with Gasteiger partial charge in [0.25, 0.3) is 5.91 Å². The molecule has 0 aliphatic carbocycles. The molecule has 1 aromatic carbocycles. The molecule has 2 aliphatic rings. The van der Waals surface area contributed by atoms with Gasteiger partial charge in [-0.3, -0.25) is 4.79 Å². The highest BCUT2D eigenvalue weighted by Gasteiger charge is 2.44. The van der Waals surface area contributed by atoms with Crippen molar-refractivity contribution in [2.24, 2.45) is 0 Å². The smallest absolute Gasteiger partial charge is 0.261 e. The maximum absolute atomic E-state index is 13.2. The first-order chi connectivity index (χ1) is 11.6. The lowest BCUT2D eigenvalue weighted by Crippen LogP contribution is -2.47. The Morgan fingerprint density at radius 2 is 2.17 bits per heavy atom. The molecule has 1 aromatic heterocycles. The Kier molecular flexibility index (Phi) is 3.82. The number of rotatable bonds is 1. The standard InChI is InChI=1S/C19H20ClN3O/c1-12-5-6-16-14(10-12)15-11-22(2)9-7-17(15)23(16)19(24)13-4-3-8-21-18(13)20/h3-6,8,10,15,17H,7,9,11H2,1-2H3/t15-,17-/m1/s1. The number of hydrogen-bond donors (Lipinski definition) is 0. The number of amides is 1. The second-order valence-corrected chi connectivity index (χ2v) is 7.16. The zero-order valence-corrected chi connectivity index (χ0v) is 14.6. The highest BCUT2D eigenvalue weighted by atomic mass is 35.5. The molecular formula is C19H20ClN3O. The third kappa shape index (κ3) is 2.41. The van der Waals surface area contributed by atoms with Gasteiger partial charge >= 0.3 is 0 Å². The van der Waals surface area contributed by atoms with E-state index in [-0.39, 0.29) is 17.1 Å². The van der Waals surface area contributed by atoms with E-state index in [2.05, 4.69) is 42.1 Å². The number of likely N-dealkylation sites (N-methyl/N-ethyl adjacent to an activating group) is 1. The number of aromatic nitrogens is 1. The van der Waals surface area contributed by atoms with Crippen LogP contribution in [0.1, 0.15) is 33.8 Å². The summed E-state index contributed by atoms with van der Waals surface area (Å²) in [6.45, 7) is 4.08. The Morgan fingerprint density at radius 1 is 1.33 bits per heavy atom. The number of anilines is 1. The zero-order valence-electron chi connectivity index (χ0n) is 13.9. The molecule has 2 atom stereocenters. The summed E-state index contributed by atoms with van der Waals surface area (Å²) < 4.78 is 0. The fourth-order valence-corrected chi connectivity index (χ4v) is 4.22. The summed E-state index contributed by atoms with van der Waals surface area (Å²) in [7, 11) is 2.15. The Morgan fingerprint density at radius 3 is 2.96 bits per heavy atom. The first-order valence-electron chi connectivity index (χ1n) is 8.29. The minimum atomic E-state index is -0.0461. The lowest BCUT2D eigenvalue weighted by Gasteiger charge is -2.36. The number of carbonyl (C=O) groups excluding carboxylic acids is 1. The predicted molar refractivity (Wildman–Crippen MR) is 95.9 cm³/mol. The first-order valence-corrected chi connectivity index (χ1v) is 8.67. The van der Waals surface area contributed by atoms with Crippen LogP contribution in [-0.4, -0.2) is 42.0 Å². The topological polar surface area (TPSA) is 36.4 Å². The van der Waals surface area contributed by atoms with Crippen LogP contribution in [0, 0.1) is 6.92 Å². The number of pyridine rings is 1. The largest absolute Gasteiger partial charge is 0.306 e. The molecule has 0 unspecified atom stereocenters. The van der Waals surface area contributed by atoms with Crippen LogP contribution >= 0.6 is 11.6 Å². The van der Waals surface area contributed by atoms with Crippen molar-refractivity contribution in [3.63, 3.8) is 0 Å². The third-order valence-electron chi connectivity index (χ3n) is 5.16. The van der Waals surface area contributed by atoms with Gasteiger partial charge in [0.05, 0.1) is 5.56 Å². The van der Waals surface area contributed by atoms with Crippen LogP contribution < -0.4 is 4.90 Å². The average molecular weight is 342 g/mol. The molecule has 24 heavy (non-hydrogen) atoms. The third-order valence-corrected chi connectivity index (χ3v) is 5.46. The normalized spacial score (nSPS) is 23.0. The monoisotopic (exact) mass is 341 g/mol. The zero-order chi connectivity index (χ0) is 16.8. The van der Waals surface area contributed by atoms with E-state index < -0.39 is 0 Å². The van der Waals surface area contributed by atoms with E-state index >= 15 is 0 Å². The van der Waals surface area contributed by atoms with Crippen LogP contribution in [0.5, 0.6) is 0 Å². The molecule has 0 saturated carbocycles. The Labute approximate surface area is 147 Å². The minimum Gasteiger partial charge on any atom is -0.306 e. The van der Waals surface area contributed by atoms with E-state index in [1.807, 2.05) is 4.90 Å². The number of fused-ring (bicyclic) bond motifs is 3. The van der Waals surface area contributed by atoms with Gasteiger partial charge in [-0.15, -0.1) is 0 Å². The molecule has 1 amide bonds. The average Bonchev–Trinajstić information content (AvgIpc) is 2.88. The Hall–Kier alpha value is -1.91. The molecule has 4 nitrogen and oxygen atoms in total. The molecule has 0 radical (unpaired) electrons. The summed E-state index contributed by atoms with van der Waals surface area (Å²) in [5.74, 6) is 0.313. The Bertz CT molecular complexity index is 807. The summed E-state index contributed by atoms with van der Waals surface area (Å²) in [5, 5.41) is 0.271. The van der Waals surface area contributed by atoms with Crippen molar-refractivity contribution in [2.45, 2.75) is 25.3 Å². The molecule has 5 heteroatoms. The van der Waals surface area contributed by atoms with Crippen LogP contribution in [0.4, 0.5) is 5.69 Å². The number of carbonyl (C=O) groups is 1. The van der Waals surface area contributed by atoms with Gasteiger partial charge in [-0.2, -0.15) is 0 Å². The van der Waals surface area contributed by atoms with Gasteiger partial charge in [-0.25, -0.2) is 4.98 Å². The van der Waals surface area contributed by atoms with E-state index in [0.717, 1.165) is 25.2 Å². The van der Waals surface area contributed by atoms with Crippen molar-refractivity contribution in [3.8, 4) is 0 Å². The quantitative estimate of drug-likeness (QED) is 0.745. The van der Waals surface area contributed by atoms with Crippen LogP contribution in [0.25, 0.3) is 0 Å². The number of hydrogen-bond acceptors (Lipinski definition) is 3. The summed E-state index contributed by atoms with van der Waals surface area (Å²) in [6, 6.07) is 10.1. The number of aryl methyl sites for hydroxylation is 1. The molecule has 2 aromatic rings. The molecule has 124 valence electrons. The van der Waals surface area contributed by atoms with Crippen molar-refractivity contribution in [1.29, 1.82) is 0 Å². The summed E-state index contributed by atoms with van der Waals surface area (Å²) in [5.41, 5.74) is 4.01. The van der Waals surface area contributed by atoms with E-state index in [1.165, 1.54) is 11.1 Å². The SMILES string of the molecule is Cc1ccc2c(c1)[C@H]1CN(C)CC[C@H]1N2C(=O)c1cccnc1Cl. The molecule has 4 rings (SSSR count). The van der Waals surface area contributed by atoms with Crippen molar-refractivity contribution in [1.82, 2.24) is 9.88 Å². The van der Waals surface area contributed by atoms with Crippen molar-refractivity contribution < 1.29 is 4.79 Å². The van der Waals surface area contributed by atoms with E-state index in [1.54, 1.807) is 18.3 Å². The maximum Gasteiger partial charge on any atom is 0.261 e. The fourth-order valence-electron chi connectivity index (χ4n) is 4.02. The van der Waals surface area contributed by atoms with Gasteiger partial charge in [-0.05, 0) is 50.7 Å². The summed E-state index contributed by atoms with van der Waals surface area (Å²) in [4.78, 5) is 21.6. The molecule has 3 heterocycles.